The predicted octanol–water partition coefficient (Wildman–Crippen LogP) is 3.69. The maximum Gasteiger partial charge on any atom is 0.280 e. The van der Waals surface area contributed by atoms with Crippen LogP contribution in [-0.2, 0) is 15.2 Å². The number of para-hydroxylation sites is 1. The molecule has 0 N–H and O–H groups in total. The lowest BCUT2D eigenvalue weighted by atomic mass is 10.1. The Morgan fingerprint density at radius 1 is 1.23 bits per heavy atom. The second-order valence-electron chi connectivity index (χ2n) is 8.14. The molecule has 9 nitrogen and oxygen atoms in total. The number of aromatic nitrogens is 5. The lowest BCUT2D eigenvalue weighted by Gasteiger charge is -2.28. The van der Waals surface area contributed by atoms with E-state index in [1.165, 1.54) is 0 Å². The highest BCUT2D eigenvalue weighted by Crippen LogP contribution is 2.36. The van der Waals surface area contributed by atoms with E-state index in [9.17, 15) is 4.79 Å². The summed E-state index contributed by atoms with van der Waals surface area (Å²) in [5, 5.41) is 4.56. The summed E-state index contributed by atoms with van der Waals surface area (Å²) in [6.45, 7) is 3.17. The fourth-order valence-corrected chi connectivity index (χ4v) is 4.91. The highest BCUT2D eigenvalue weighted by atomic mass is 35.5. The zero-order valence-corrected chi connectivity index (χ0v) is 17.6. The van der Waals surface area contributed by atoms with Crippen LogP contribution < -0.4 is 5.56 Å². The van der Waals surface area contributed by atoms with Crippen molar-refractivity contribution < 1.29 is 14.0 Å². The molecular weight excluding hydrogens is 422 g/mol. The Morgan fingerprint density at radius 2 is 2.13 bits per heavy atom. The van der Waals surface area contributed by atoms with Gasteiger partial charge >= 0.3 is 0 Å². The van der Waals surface area contributed by atoms with Gasteiger partial charge in [-0.3, -0.25) is 13.8 Å². The topological polar surface area (TPSA) is 96.7 Å². The van der Waals surface area contributed by atoms with Gasteiger partial charge < -0.3 is 14.0 Å². The normalized spacial score (nSPS) is 24.0. The molecule has 0 saturated carbocycles. The first-order chi connectivity index (χ1) is 15.1. The Hall–Kier alpha value is -2.75. The first kappa shape index (κ1) is 19.0. The molecule has 10 heteroatoms. The lowest BCUT2D eigenvalue weighted by Crippen LogP contribution is -2.39. The molecule has 2 aliphatic heterocycles. The zero-order valence-electron chi connectivity index (χ0n) is 16.9. The average Bonchev–Trinajstić information content (AvgIpc) is 3.54. The summed E-state index contributed by atoms with van der Waals surface area (Å²) in [5.41, 5.74) is 1.01. The molecule has 2 fully saturated rings. The number of hydrogen-bond acceptors (Lipinski definition) is 7. The van der Waals surface area contributed by atoms with Crippen LogP contribution in [0.1, 0.15) is 44.6 Å². The van der Waals surface area contributed by atoms with Gasteiger partial charge in [0.25, 0.3) is 11.4 Å². The molecule has 2 saturated heterocycles. The second kappa shape index (κ2) is 6.88. The van der Waals surface area contributed by atoms with Crippen LogP contribution in [0.15, 0.2) is 33.8 Å². The fourth-order valence-electron chi connectivity index (χ4n) is 4.65. The van der Waals surface area contributed by atoms with Gasteiger partial charge in [0.2, 0.25) is 5.82 Å². The number of benzene rings is 1. The van der Waals surface area contributed by atoms with Crippen molar-refractivity contribution in [1.82, 2.24) is 24.1 Å². The molecule has 160 valence electrons. The van der Waals surface area contributed by atoms with Crippen LogP contribution in [0, 0.1) is 0 Å². The number of rotatable bonds is 3. The van der Waals surface area contributed by atoms with Gasteiger partial charge in [0.15, 0.2) is 0 Å². The van der Waals surface area contributed by atoms with Gasteiger partial charge in [-0.05, 0) is 44.7 Å². The van der Waals surface area contributed by atoms with Crippen LogP contribution in [0.4, 0.5) is 0 Å². The van der Waals surface area contributed by atoms with E-state index in [1.54, 1.807) is 21.4 Å². The van der Waals surface area contributed by atoms with E-state index in [0.29, 0.717) is 47.3 Å². The number of nitrogens with zero attached hydrogens (tertiary/aromatic N) is 5. The van der Waals surface area contributed by atoms with Crippen LogP contribution in [0.2, 0.25) is 5.02 Å². The van der Waals surface area contributed by atoms with Gasteiger partial charge in [0.05, 0.1) is 16.1 Å². The maximum atomic E-state index is 13.9. The van der Waals surface area contributed by atoms with Crippen molar-refractivity contribution in [2.24, 2.45) is 0 Å². The standard InChI is InChI=1S/C21H20ClN5O4/c1-21(8-4-10-30-21)27-16-12(22)5-2-6-13(16)26-11-23-15(17(26)20(27)28)18-24-19(31-25-18)14-7-3-9-29-14/h2,5-6,11,14H,3-4,7-10H2,1H3. The van der Waals surface area contributed by atoms with E-state index in [4.69, 9.17) is 25.6 Å². The minimum Gasteiger partial charge on any atom is -0.368 e. The van der Waals surface area contributed by atoms with Crippen LogP contribution in [-0.4, -0.2) is 37.3 Å². The Morgan fingerprint density at radius 3 is 2.90 bits per heavy atom. The predicted molar refractivity (Wildman–Crippen MR) is 112 cm³/mol. The number of fused-ring (bicyclic) bond motifs is 3. The lowest BCUT2D eigenvalue weighted by molar-refractivity contribution is -0.0447. The minimum absolute atomic E-state index is 0.211. The van der Waals surface area contributed by atoms with Gasteiger partial charge in [-0.15, -0.1) is 0 Å². The van der Waals surface area contributed by atoms with Crippen molar-refractivity contribution in [1.29, 1.82) is 0 Å². The molecule has 5 heterocycles. The monoisotopic (exact) mass is 441 g/mol. The third kappa shape index (κ3) is 2.77. The summed E-state index contributed by atoms with van der Waals surface area (Å²) >= 11 is 6.57. The first-order valence-corrected chi connectivity index (χ1v) is 10.7. The summed E-state index contributed by atoms with van der Waals surface area (Å²) in [6, 6.07) is 5.52. The average molecular weight is 442 g/mol. The number of halogens is 1. The highest BCUT2D eigenvalue weighted by molar-refractivity contribution is 6.35. The van der Waals surface area contributed by atoms with Crippen LogP contribution in [0.25, 0.3) is 28.1 Å². The smallest absolute Gasteiger partial charge is 0.280 e. The summed E-state index contributed by atoms with van der Waals surface area (Å²) in [4.78, 5) is 22.8. The summed E-state index contributed by atoms with van der Waals surface area (Å²) in [7, 11) is 0. The van der Waals surface area contributed by atoms with Crippen molar-refractivity contribution in [2.75, 3.05) is 13.2 Å². The molecule has 0 amide bonds. The molecule has 4 aromatic rings. The van der Waals surface area contributed by atoms with Crippen molar-refractivity contribution in [3.8, 4) is 11.5 Å². The summed E-state index contributed by atoms with van der Waals surface area (Å²) < 4.78 is 20.5. The van der Waals surface area contributed by atoms with E-state index in [2.05, 4.69) is 15.1 Å². The largest absolute Gasteiger partial charge is 0.368 e. The molecule has 2 atom stereocenters. The molecule has 1 aromatic carbocycles. The van der Waals surface area contributed by atoms with E-state index >= 15 is 0 Å². The summed E-state index contributed by atoms with van der Waals surface area (Å²) in [6.07, 6.45) is 4.73. The van der Waals surface area contributed by atoms with Crippen LogP contribution in [0.3, 0.4) is 0 Å². The van der Waals surface area contributed by atoms with E-state index < -0.39 is 5.72 Å². The van der Waals surface area contributed by atoms with Gasteiger partial charge in [-0.1, -0.05) is 22.8 Å². The zero-order chi connectivity index (χ0) is 21.2. The van der Waals surface area contributed by atoms with Crippen LogP contribution >= 0.6 is 11.6 Å². The highest BCUT2D eigenvalue weighted by Gasteiger charge is 2.36. The molecular formula is C21H20ClN5O4. The van der Waals surface area contributed by atoms with Gasteiger partial charge in [-0.2, -0.15) is 4.98 Å². The fraction of sp³-hybridized carbons (Fsp3) is 0.429. The maximum absolute atomic E-state index is 13.9. The van der Waals surface area contributed by atoms with Gasteiger partial charge in [0, 0.05) is 13.2 Å². The molecule has 2 aliphatic rings. The number of hydrogen-bond donors (Lipinski definition) is 0. The Balaban J connectivity index is 1.63. The Bertz CT molecular complexity index is 1360. The number of ether oxygens (including phenoxy) is 2. The molecule has 0 aliphatic carbocycles. The minimum atomic E-state index is -0.802. The number of imidazole rings is 1. The van der Waals surface area contributed by atoms with E-state index in [-0.39, 0.29) is 17.5 Å². The van der Waals surface area contributed by atoms with Crippen molar-refractivity contribution >= 4 is 28.2 Å². The van der Waals surface area contributed by atoms with Gasteiger partial charge in [0.1, 0.15) is 29.4 Å². The molecule has 0 bridgehead atoms. The first-order valence-electron chi connectivity index (χ1n) is 10.4. The SMILES string of the molecule is CC1(n2c(=O)c3c(-c4noc(C5CCCO5)n4)ncn3c3cccc(Cl)c32)CCCO1. The molecule has 3 aromatic heterocycles. The van der Waals surface area contributed by atoms with Gasteiger partial charge in [-0.25, -0.2) is 4.98 Å². The van der Waals surface area contributed by atoms with E-state index in [1.807, 2.05) is 19.1 Å². The second-order valence-corrected chi connectivity index (χ2v) is 8.55. The molecule has 31 heavy (non-hydrogen) atoms. The van der Waals surface area contributed by atoms with Crippen molar-refractivity contribution in [3.63, 3.8) is 0 Å². The van der Waals surface area contributed by atoms with Crippen molar-refractivity contribution in [3.05, 3.63) is 45.8 Å². The summed E-state index contributed by atoms with van der Waals surface area (Å²) in [5.74, 6) is 0.666. The molecule has 2 unspecified atom stereocenters. The molecule has 6 rings (SSSR count). The van der Waals surface area contributed by atoms with Crippen molar-refractivity contribution in [2.45, 2.75) is 44.4 Å². The Labute approximate surface area is 181 Å². The van der Waals surface area contributed by atoms with E-state index in [0.717, 1.165) is 24.8 Å². The molecule has 0 radical (unpaired) electrons. The molecule has 0 spiro atoms. The van der Waals surface area contributed by atoms with Crippen LogP contribution in [0.5, 0.6) is 0 Å². The third-order valence-corrected chi connectivity index (χ3v) is 6.46. The quantitative estimate of drug-likeness (QED) is 0.478. The Kier molecular flexibility index (Phi) is 4.21. The third-order valence-electron chi connectivity index (χ3n) is 6.15.